The Morgan fingerprint density at radius 3 is 2.83 bits per heavy atom. The molecule has 3 aromatic rings. The topological polar surface area (TPSA) is 103 Å². The van der Waals surface area contributed by atoms with Crippen LogP contribution in [0, 0.1) is 0 Å². The van der Waals surface area contributed by atoms with Gasteiger partial charge in [0.15, 0.2) is 0 Å². The van der Waals surface area contributed by atoms with Crippen molar-refractivity contribution in [1.29, 1.82) is 0 Å². The molecule has 0 fully saturated rings. The van der Waals surface area contributed by atoms with Gasteiger partial charge in [0.05, 0.1) is 12.5 Å². The maximum absolute atomic E-state index is 11.7. The Labute approximate surface area is 135 Å². The van der Waals surface area contributed by atoms with E-state index in [9.17, 15) is 4.79 Å². The van der Waals surface area contributed by atoms with Gasteiger partial charge >= 0.3 is 5.97 Å². The number of hydrogen-bond donors (Lipinski definition) is 2. The van der Waals surface area contributed by atoms with Crippen LogP contribution in [0.5, 0.6) is 5.75 Å². The van der Waals surface area contributed by atoms with Gasteiger partial charge in [0.25, 0.3) is 0 Å². The lowest BCUT2D eigenvalue weighted by atomic mass is 10.2. The molecule has 116 valence electrons. The second kappa shape index (κ2) is 6.75. The average Bonchev–Trinajstić information content (AvgIpc) is 3.21. The zero-order valence-electron chi connectivity index (χ0n) is 11.8. The Bertz CT molecular complexity index is 810. The van der Waals surface area contributed by atoms with Gasteiger partial charge in [-0.2, -0.15) is 5.10 Å². The smallest absolute Gasteiger partial charge is 0.379 e. The summed E-state index contributed by atoms with van der Waals surface area (Å²) in [6, 6.07) is 10.0. The lowest BCUT2D eigenvalue weighted by molar-refractivity contribution is 0.0701. The van der Waals surface area contributed by atoms with Crippen molar-refractivity contribution in [3.63, 3.8) is 0 Å². The number of benzene rings is 1. The van der Waals surface area contributed by atoms with Gasteiger partial charge in [-0.05, 0) is 42.0 Å². The molecule has 0 unspecified atom stereocenters. The predicted octanol–water partition coefficient (Wildman–Crippen LogP) is 2.98. The van der Waals surface area contributed by atoms with Crippen molar-refractivity contribution in [3.8, 4) is 5.75 Å². The first-order valence-corrected chi connectivity index (χ1v) is 7.44. The van der Waals surface area contributed by atoms with Crippen molar-refractivity contribution in [3.05, 3.63) is 59.4 Å². The first-order valence-electron chi connectivity index (χ1n) is 6.56. The van der Waals surface area contributed by atoms with Crippen LogP contribution in [-0.4, -0.2) is 17.2 Å². The molecule has 0 saturated carbocycles. The molecule has 0 bridgehead atoms. The van der Waals surface area contributed by atoms with Crippen LogP contribution in [0.1, 0.15) is 16.1 Å². The van der Waals surface area contributed by atoms with Gasteiger partial charge in [0.1, 0.15) is 11.6 Å². The van der Waals surface area contributed by atoms with E-state index in [4.69, 9.17) is 14.9 Å². The van der Waals surface area contributed by atoms with Crippen LogP contribution < -0.4 is 15.9 Å². The number of rotatable bonds is 5. The molecule has 0 atom stereocenters. The zero-order chi connectivity index (χ0) is 16.1. The predicted molar refractivity (Wildman–Crippen MR) is 87.9 cm³/mol. The number of esters is 1. The molecule has 0 aliphatic carbocycles. The molecule has 0 aliphatic heterocycles. The van der Waals surface area contributed by atoms with Crippen LogP contribution in [0.3, 0.4) is 0 Å². The summed E-state index contributed by atoms with van der Waals surface area (Å²) in [6.07, 6.45) is 3.04. The third-order valence-corrected chi connectivity index (χ3v) is 3.47. The number of nitrogens with two attached hydrogens (primary N) is 1. The molecule has 23 heavy (non-hydrogen) atoms. The molecule has 7 nitrogen and oxygen atoms in total. The lowest BCUT2D eigenvalue weighted by Crippen LogP contribution is -2.07. The van der Waals surface area contributed by atoms with Crippen molar-refractivity contribution in [2.75, 3.05) is 11.2 Å². The van der Waals surface area contributed by atoms with Crippen molar-refractivity contribution in [1.82, 2.24) is 4.98 Å². The third kappa shape index (κ3) is 3.95. The Morgan fingerprint density at radius 2 is 2.17 bits per heavy atom. The Hall–Kier alpha value is -3.13. The number of nitrogens with zero attached hydrogens (tertiary/aromatic N) is 2. The number of hydrogen-bond acceptors (Lipinski definition) is 8. The second-order valence-corrected chi connectivity index (χ2v) is 5.24. The van der Waals surface area contributed by atoms with E-state index in [0.717, 1.165) is 5.56 Å². The highest BCUT2D eigenvalue weighted by molar-refractivity contribution is 7.14. The number of furan rings is 1. The Balaban J connectivity index is 1.57. The van der Waals surface area contributed by atoms with Crippen LogP contribution in [0.2, 0.25) is 0 Å². The summed E-state index contributed by atoms with van der Waals surface area (Å²) in [5.74, 6) is 0.488. The highest BCUT2D eigenvalue weighted by Gasteiger charge is 2.10. The van der Waals surface area contributed by atoms with Crippen molar-refractivity contribution in [2.45, 2.75) is 0 Å². The van der Waals surface area contributed by atoms with E-state index in [1.165, 1.54) is 17.6 Å². The lowest BCUT2D eigenvalue weighted by Gasteiger charge is -2.02. The minimum atomic E-state index is -0.542. The fourth-order valence-electron chi connectivity index (χ4n) is 1.67. The summed E-state index contributed by atoms with van der Waals surface area (Å²) in [4.78, 5) is 15.7. The molecule has 2 aromatic heterocycles. The second-order valence-electron chi connectivity index (χ2n) is 4.38. The molecular formula is C15H12N4O3S. The Kier molecular flexibility index (Phi) is 4.34. The molecule has 0 aliphatic rings. The summed E-state index contributed by atoms with van der Waals surface area (Å²) < 4.78 is 10.1. The van der Waals surface area contributed by atoms with Gasteiger partial charge in [0, 0.05) is 5.38 Å². The highest BCUT2D eigenvalue weighted by Crippen LogP contribution is 2.16. The number of aromatic nitrogens is 1. The van der Waals surface area contributed by atoms with Crippen LogP contribution >= 0.6 is 11.3 Å². The van der Waals surface area contributed by atoms with E-state index in [-0.39, 0.29) is 5.76 Å². The normalized spacial score (nSPS) is 10.8. The summed E-state index contributed by atoms with van der Waals surface area (Å²) in [7, 11) is 0. The zero-order valence-corrected chi connectivity index (χ0v) is 12.6. The SMILES string of the molecule is Nc1csc(NN=Cc2ccc(OC(=O)c3ccco3)cc2)n1. The Morgan fingerprint density at radius 1 is 1.35 bits per heavy atom. The summed E-state index contributed by atoms with van der Waals surface area (Å²) in [5, 5.41) is 6.39. The molecule has 2 heterocycles. The molecule has 0 saturated heterocycles. The number of carbonyl (C=O) groups excluding carboxylic acids is 1. The van der Waals surface area contributed by atoms with Crippen LogP contribution in [0.4, 0.5) is 10.9 Å². The molecule has 0 radical (unpaired) electrons. The summed E-state index contributed by atoms with van der Waals surface area (Å²) >= 11 is 1.37. The molecule has 0 amide bonds. The average molecular weight is 328 g/mol. The fourth-order valence-corrected chi connectivity index (χ4v) is 2.22. The maximum atomic E-state index is 11.7. The van der Waals surface area contributed by atoms with E-state index in [0.29, 0.717) is 16.7 Å². The fraction of sp³-hybridized carbons (Fsp3) is 0. The molecule has 0 spiro atoms. The molecular weight excluding hydrogens is 316 g/mol. The maximum Gasteiger partial charge on any atom is 0.379 e. The van der Waals surface area contributed by atoms with Crippen LogP contribution in [0.15, 0.2) is 57.6 Å². The first-order chi connectivity index (χ1) is 11.2. The van der Waals surface area contributed by atoms with Gasteiger partial charge < -0.3 is 14.9 Å². The number of ether oxygens (including phenoxy) is 1. The van der Waals surface area contributed by atoms with E-state index < -0.39 is 5.97 Å². The van der Waals surface area contributed by atoms with Crippen LogP contribution in [0.25, 0.3) is 0 Å². The number of anilines is 2. The number of hydrazone groups is 1. The van der Waals surface area contributed by atoms with E-state index in [2.05, 4.69) is 15.5 Å². The van der Waals surface area contributed by atoms with Crippen molar-refractivity contribution in [2.24, 2.45) is 5.10 Å². The monoisotopic (exact) mass is 328 g/mol. The largest absolute Gasteiger partial charge is 0.457 e. The minimum Gasteiger partial charge on any atom is -0.457 e. The number of thiazole rings is 1. The molecule has 1 aromatic carbocycles. The number of nitrogen functional groups attached to an aromatic ring is 1. The van der Waals surface area contributed by atoms with E-state index in [1.54, 1.807) is 48.0 Å². The van der Waals surface area contributed by atoms with Gasteiger partial charge in [-0.1, -0.05) is 0 Å². The highest BCUT2D eigenvalue weighted by atomic mass is 32.1. The van der Waals surface area contributed by atoms with Crippen LogP contribution in [-0.2, 0) is 0 Å². The molecule has 8 heteroatoms. The van der Waals surface area contributed by atoms with Gasteiger partial charge in [0.2, 0.25) is 10.9 Å². The van der Waals surface area contributed by atoms with Crippen molar-refractivity contribution < 1.29 is 13.9 Å². The van der Waals surface area contributed by atoms with E-state index >= 15 is 0 Å². The standard InChI is InChI=1S/C15H12N4O3S/c16-13-9-23-15(18-13)19-17-8-10-3-5-11(6-4-10)22-14(20)12-2-1-7-21-12/h1-9H,16H2,(H,18,19). The molecule has 3 rings (SSSR count). The van der Waals surface area contributed by atoms with E-state index in [1.807, 2.05) is 0 Å². The summed E-state index contributed by atoms with van der Waals surface area (Å²) in [5.41, 5.74) is 9.12. The number of carbonyl (C=O) groups is 1. The van der Waals surface area contributed by atoms with Gasteiger partial charge in [-0.3, -0.25) is 5.43 Å². The third-order valence-electron chi connectivity index (χ3n) is 2.71. The minimum absolute atomic E-state index is 0.155. The van der Waals surface area contributed by atoms with Gasteiger partial charge in [-0.15, -0.1) is 11.3 Å². The number of nitrogens with one attached hydrogen (secondary N) is 1. The molecule has 3 N–H and O–H groups in total. The van der Waals surface area contributed by atoms with Gasteiger partial charge in [-0.25, -0.2) is 9.78 Å². The first kappa shape index (κ1) is 14.8. The quantitative estimate of drug-likeness (QED) is 0.323. The summed E-state index contributed by atoms with van der Waals surface area (Å²) in [6.45, 7) is 0. The van der Waals surface area contributed by atoms with Crippen molar-refractivity contribution >= 4 is 34.5 Å².